The van der Waals surface area contributed by atoms with Gasteiger partial charge in [-0.05, 0) is 19.2 Å². The highest BCUT2D eigenvalue weighted by molar-refractivity contribution is 6.33. The Labute approximate surface area is 118 Å². The Morgan fingerprint density at radius 1 is 1.53 bits per heavy atom. The Hall–Kier alpha value is -1.14. The third-order valence-corrected chi connectivity index (χ3v) is 2.77. The maximum atomic E-state index is 11.8. The van der Waals surface area contributed by atoms with Crippen molar-refractivity contribution in [2.24, 2.45) is 0 Å². The average Bonchev–Trinajstić information content (AvgIpc) is 2.31. The van der Waals surface area contributed by atoms with E-state index in [0.29, 0.717) is 17.3 Å². The lowest BCUT2D eigenvalue weighted by Gasteiger charge is -2.19. The molecule has 1 atom stereocenters. The molecule has 0 saturated carbocycles. The zero-order valence-corrected chi connectivity index (χ0v) is 11.9. The number of amides is 1. The van der Waals surface area contributed by atoms with E-state index in [0.717, 1.165) is 0 Å². The van der Waals surface area contributed by atoms with Crippen molar-refractivity contribution in [3.05, 3.63) is 29.3 Å². The van der Waals surface area contributed by atoms with E-state index in [4.69, 9.17) is 16.3 Å². The molecule has 19 heavy (non-hydrogen) atoms. The van der Waals surface area contributed by atoms with Crippen LogP contribution in [-0.2, 0) is 9.53 Å². The number of aliphatic hydroxyl groups excluding tert-OH is 1. The number of likely N-dealkylation sites (N-methyl/N-ethyl adjacent to an activating group) is 1. The zero-order valence-electron chi connectivity index (χ0n) is 11.1. The molecule has 1 aromatic carbocycles. The van der Waals surface area contributed by atoms with E-state index in [-0.39, 0.29) is 19.1 Å². The van der Waals surface area contributed by atoms with Crippen molar-refractivity contribution in [1.82, 2.24) is 4.90 Å². The van der Waals surface area contributed by atoms with E-state index in [2.05, 4.69) is 5.32 Å². The third-order valence-electron chi connectivity index (χ3n) is 2.44. The molecule has 2 N–H and O–H groups in total. The van der Waals surface area contributed by atoms with Gasteiger partial charge in [0.15, 0.2) is 0 Å². The third kappa shape index (κ3) is 6.02. The molecule has 0 bridgehead atoms. The van der Waals surface area contributed by atoms with Crippen LogP contribution in [0.3, 0.4) is 0 Å². The Bertz CT molecular complexity index is 415. The monoisotopic (exact) mass is 286 g/mol. The summed E-state index contributed by atoms with van der Waals surface area (Å²) in [5, 5.41) is 12.8. The minimum absolute atomic E-state index is 0.173. The Balaban J connectivity index is 2.41. The molecule has 5 nitrogen and oxygen atoms in total. The highest BCUT2D eigenvalue weighted by Crippen LogP contribution is 2.20. The van der Waals surface area contributed by atoms with Gasteiger partial charge in [0.05, 0.1) is 30.0 Å². The second-order valence-electron chi connectivity index (χ2n) is 4.33. The number of benzene rings is 1. The molecule has 0 radical (unpaired) electrons. The lowest BCUT2D eigenvalue weighted by Crippen LogP contribution is -2.37. The van der Waals surface area contributed by atoms with Crippen molar-refractivity contribution in [3.63, 3.8) is 0 Å². The van der Waals surface area contributed by atoms with Crippen LogP contribution in [0.15, 0.2) is 24.3 Å². The van der Waals surface area contributed by atoms with Crippen LogP contribution in [-0.4, -0.2) is 55.9 Å². The minimum Gasteiger partial charge on any atom is -0.389 e. The van der Waals surface area contributed by atoms with Gasteiger partial charge in [-0.25, -0.2) is 0 Å². The molecule has 0 spiro atoms. The lowest BCUT2D eigenvalue weighted by atomic mass is 10.3. The number of hydrogen-bond donors (Lipinski definition) is 2. The fourth-order valence-electron chi connectivity index (χ4n) is 1.67. The van der Waals surface area contributed by atoms with Gasteiger partial charge >= 0.3 is 0 Å². The topological polar surface area (TPSA) is 61.8 Å². The molecule has 0 saturated heterocycles. The van der Waals surface area contributed by atoms with Crippen molar-refractivity contribution in [3.8, 4) is 0 Å². The van der Waals surface area contributed by atoms with Crippen LogP contribution in [0.5, 0.6) is 0 Å². The highest BCUT2D eigenvalue weighted by atomic mass is 35.5. The van der Waals surface area contributed by atoms with Crippen molar-refractivity contribution in [2.45, 2.75) is 6.10 Å². The fourth-order valence-corrected chi connectivity index (χ4v) is 1.85. The maximum Gasteiger partial charge on any atom is 0.238 e. The summed E-state index contributed by atoms with van der Waals surface area (Å²) in [5.41, 5.74) is 0.583. The van der Waals surface area contributed by atoms with Gasteiger partial charge in [-0.15, -0.1) is 0 Å². The highest BCUT2D eigenvalue weighted by Gasteiger charge is 2.12. The molecule has 0 aliphatic carbocycles. The molecule has 1 rings (SSSR count). The molecule has 0 heterocycles. The molecular formula is C13H19ClN2O3. The van der Waals surface area contributed by atoms with Crippen molar-refractivity contribution in [1.29, 1.82) is 0 Å². The molecular weight excluding hydrogens is 268 g/mol. The van der Waals surface area contributed by atoms with Crippen LogP contribution >= 0.6 is 11.6 Å². The summed E-state index contributed by atoms with van der Waals surface area (Å²) in [6.07, 6.45) is -0.608. The molecule has 1 unspecified atom stereocenters. The fraction of sp³-hybridized carbons (Fsp3) is 0.462. The van der Waals surface area contributed by atoms with Crippen LogP contribution in [0, 0.1) is 0 Å². The van der Waals surface area contributed by atoms with E-state index in [1.165, 1.54) is 7.11 Å². The number of rotatable bonds is 7. The van der Waals surface area contributed by atoms with Crippen LogP contribution in [0.2, 0.25) is 5.02 Å². The Kier molecular flexibility index (Phi) is 6.80. The van der Waals surface area contributed by atoms with E-state index in [9.17, 15) is 9.90 Å². The molecule has 6 heteroatoms. The molecule has 0 aromatic heterocycles. The second kappa shape index (κ2) is 8.12. The standard InChI is InChI=1S/C13H19ClN2O3/c1-16(7-10(17)9-19-2)8-13(18)15-12-6-4-3-5-11(12)14/h3-6,10,17H,7-9H2,1-2H3,(H,15,18). The van der Waals surface area contributed by atoms with Gasteiger partial charge in [0.25, 0.3) is 0 Å². The number of carbonyl (C=O) groups is 1. The molecule has 1 aromatic rings. The number of para-hydroxylation sites is 1. The van der Waals surface area contributed by atoms with Crippen molar-refractivity contribution >= 4 is 23.2 Å². The van der Waals surface area contributed by atoms with Gasteiger partial charge < -0.3 is 15.2 Å². The quantitative estimate of drug-likeness (QED) is 0.791. The number of halogens is 1. The molecule has 106 valence electrons. The first-order chi connectivity index (χ1) is 9.02. The minimum atomic E-state index is -0.608. The first-order valence-corrected chi connectivity index (χ1v) is 6.30. The number of nitrogens with one attached hydrogen (secondary N) is 1. The summed E-state index contributed by atoms with van der Waals surface area (Å²) in [4.78, 5) is 13.5. The van der Waals surface area contributed by atoms with Gasteiger partial charge in [0.1, 0.15) is 0 Å². The SMILES string of the molecule is COCC(O)CN(C)CC(=O)Nc1ccccc1Cl. The predicted molar refractivity (Wildman–Crippen MR) is 75.5 cm³/mol. The number of hydrogen-bond acceptors (Lipinski definition) is 4. The summed E-state index contributed by atoms with van der Waals surface area (Å²) in [6, 6.07) is 7.04. The number of carbonyl (C=O) groups excluding carboxylic acids is 1. The lowest BCUT2D eigenvalue weighted by molar-refractivity contribution is -0.117. The number of nitrogens with zero attached hydrogens (tertiary/aromatic N) is 1. The van der Waals surface area contributed by atoms with E-state index in [1.807, 2.05) is 0 Å². The van der Waals surface area contributed by atoms with Gasteiger partial charge in [0, 0.05) is 13.7 Å². The average molecular weight is 287 g/mol. The first kappa shape index (κ1) is 15.9. The zero-order chi connectivity index (χ0) is 14.3. The normalized spacial score (nSPS) is 12.5. The second-order valence-corrected chi connectivity index (χ2v) is 4.74. The van der Waals surface area contributed by atoms with Crippen molar-refractivity contribution < 1.29 is 14.6 Å². The number of aliphatic hydroxyl groups is 1. The van der Waals surface area contributed by atoms with Crippen LogP contribution in [0.4, 0.5) is 5.69 Å². The summed E-state index contributed by atoms with van der Waals surface area (Å²) in [5.74, 6) is -0.180. The van der Waals surface area contributed by atoms with Gasteiger partial charge in [0.2, 0.25) is 5.91 Å². The summed E-state index contributed by atoms with van der Waals surface area (Å²) in [7, 11) is 3.28. The van der Waals surface area contributed by atoms with E-state index >= 15 is 0 Å². The summed E-state index contributed by atoms with van der Waals surface area (Å²) in [6.45, 7) is 0.784. The maximum absolute atomic E-state index is 11.8. The van der Waals surface area contributed by atoms with Gasteiger partial charge in [-0.1, -0.05) is 23.7 Å². The van der Waals surface area contributed by atoms with Gasteiger partial charge in [-0.3, -0.25) is 9.69 Å². The molecule has 1 amide bonds. The van der Waals surface area contributed by atoms with Gasteiger partial charge in [-0.2, -0.15) is 0 Å². The number of methoxy groups -OCH3 is 1. The predicted octanol–water partition coefficient (Wildman–Crippen LogP) is 1.22. The largest absolute Gasteiger partial charge is 0.389 e. The van der Waals surface area contributed by atoms with E-state index in [1.54, 1.807) is 36.2 Å². The molecule has 0 fully saturated rings. The van der Waals surface area contributed by atoms with Crippen LogP contribution < -0.4 is 5.32 Å². The first-order valence-electron chi connectivity index (χ1n) is 5.93. The number of ether oxygens (including phenoxy) is 1. The summed E-state index contributed by atoms with van der Waals surface area (Å²) >= 11 is 5.95. The smallest absolute Gasteiger partial charge is 0.238 e. The summed E-state index contributed by atoms with van der Waals surface area (Å²) < 4.78 is 4.83. The molecule has 0 aliphatic heterocycles. The van der Waals surface area contributed by atoms with Crippen LogP contribution in [0.25, 0.3) is 0 Å². The number of anilines is 1. The Morgan fingerprint density at radius 3 is 2.84 bits per heavy atom. The van der Waals surface area contributed by atoms with Crippen LogP contribution in [0.1, 0.15) is 0 Å². The van der Waals surface area contributed by atoms with Crippen molar-refractivity contribution in [2.75, 3.05) is 39.2 Å². The Morgan fingerprint density at radius 2 is 2.21 bits per heavy atom. The molecule has 0 aliphatic rings. The van der Waals surface area contributed by atoms with E-state index < -0.39 is 6.10 Å².